The predicted octanol–water partition coefficient (Wildman–Crippen LogP) is 0.814. The summed E-state index contributed by atoms with van der Waals surface area (Å²) >= 11 is 1.87. The second kappa shape index (κ2) is 7.45. The molecule has 8 heteroatoms. The summed E-state index contributed by atoms with van der Waals surface area (Å²) in [5, 5.41) is 26.8. The predicted molar refractivity (Wildman–Crippen MR) is 66.9 cm³/mol. The van der Waals surface area contributed by atoms with E-state index >= 15 is 0 Å². The molecule has 2 fully saturated rings. The Morgan fingerprint density at radius 2 is 2.06 bits per heavy atom. The molecule has 7 nitrogen and oxygen atoms in total. The zero-order valence-electron chi connectivity index (χ0n) is 9.83. The maximum Gasteiger partial charge on any atom is 0.315 e. The fourth-order valence-corrected chi connectivity index (χ4v) is 3.81. The van der Waals surface area contributed by atoms with Gasteiger partial charge in [-0.2, -0.15) is 11.8 Å². The molecule has 0 spiro atoms. The highest BCUT2D eigenvalue weighted by Crippen LogP contribution is 2.33. The van der Waals surface area contributed by atoms with Crippen LogP contribution in [-0.2, 0) is 4.79 Å². The summed E-state index contributed by atoms with van der Waals surface area (Å²) < 4.78 is 0. The van der Waals surface area contributed by atoms with E-state index in [2.05, 4.69) is 10.6 Å². The van der Waals surface area contributed by atoms with Gasteiger partial charge in [0.1, 0.15) is 0 Å². The molecule has 18 heavy (non-hydrogen) atoms. The topological polar surface area (TPSA) is 119 Å². The first-order chi connectivity index (χ1) is 8.66. The first-order valence-corrected chi connectivity index (χ1v) is 6.82. The van der Waals surface area contributed by atoms with E-state index in [1.165, 1.54) is 0 Å². The lowest BCUT2D eigenvalue weighted by atomic mass is 10.0. The van der Waals surface area contributed by atoms with Gasteiger partial charge in [0, 0.05) is 17.4 Å². The number of hydrogen-bond acceptors (Lipinski definition) is 5. The highest BCUT2D eigenvalue weighted by molar-refractivity contribution is 8.00. The molecule has 0 bridgehead atoms. The van der Waals surface area contributed by atoms with Crippen LogP contribution in [0.3, 0.4) is 0 Å². The van der Waals surface area contributed by atoms with Crippen molar-refractivity contribution in [3.8, 4) is 0 Å². The molecular weight excluding hydrogens is 260 g/mol. The van der Waals surface area contributed by atoms with Crippen LogP contribution in [0.1, 0.15) is 25.7 Å². The summed E-state index contributed by atoms with van der Waals surface area (Å²) in [5.41, 5.74) is 0. The van der Waals surface area contributed by atoms with E-state index < -0.39 is 5.97 Å². The van der Waals surface area contributed by atoms with Crippen molar-refractivity contribution in [3.05, 3.63) is 0 Å². The van der Waals surface area contributed by atoms with E-state index in [-0.39, 0.29) is 24.5 Å². The first-order valence-electron chi connectivity index (χ1n) is 5.77. The van der Waals surface area contributed by atoms with Gasteiger partial charge in [-0.1, -0.05) is 6.42 Å². The minimum Gasteiger partial charge on any atom is -0.481 e. The van der Waals surface area contributed by atoms with Crippen LogP contribution >= 0.6 is 11.8 Å². The Kier molecular flexibility index (Phi) is 6.23. The molecule has 0 unspecified atom stereocenters. The summed E-state index contributed by atoms with van der Waals surface area (Å²) in [4.78, 5) is 21.5. The number of nitrogens with one attached hydrogen (secondary N) is 2. The van der Waals surface area contributed by atoms with Crippen LogP contribution in [-0.4, -0.2) is 50.7 Å². The van der Waals surface area contributed by atoms with E-state index in [4.69, 9.17) is 15.6 Å². The number of thioether (sulfide) groups is 1. The van der Waals surface area contributed by atoms with Crippen molar-refractivity contribution in [2.24, 2.45) is 0 Å². The largest absolute Gasteiger partial charge is 0.481 e. The van der Waals surface area contributed by atoms with Gasteiger partial charge < -0.3 is 15.7 Å². The Morgan fingerprint density at radius 3 is 2.72 bits per heavy atom. The van der Waals surface area contributed by atoms with Crippen molar-refractivity contribution in [1.82, 2.24) is 10.6 Å². The van der Waals surface area contributed by atoms with Crippen LogP contribution in [0.15, 0.2) is 0 Å². The van der Waals surface area contributed by atoms with Crippen molar-refractivity contribution in [2.45, 2.75) is 43.0 Å². The van der Waals surface area contributed by atoms with E-state index in [1.807, 2.05) is 11.8 Å². The van der Waals surface area contributed by atoms with Crippen LogP contribution in [0.5, 0.6) is 0 Å². The fourth-order valence-electron chi connectivity index (χ4n) is 2.26. The van der Waals surface area contributed by atoms with Crippen molar-refractivity contribution in [1.29, 1.82) is 0 Å². The van der Waals surface area contributed by atoms with Gasteiger partial charge in [0.2, 0.25) is 0 Å². The van der Waals surface area contributed by atoms with E-state index in [0.29, 0.717) is 5.25 Å². The van der Waals surface area contributed by atoms with Gasteiger partial charge in [-0.15, -0.1) is 0 Å². The average molecular weight is 278 g/mol. The van der Waals surface area contributed by atoms with E-state index in [0.717, 1.165) is 25.0 Å². The highest BCUT2D eigenvalue weighted by atomic mass is 32.2. The molecule has 2 aliphatic rings. The molecule has 2 saturated heterocycles. The molecular formula is C10H18N2O5S. The SMILES string of the molecule is O=C(O)CCCC[C@@H]1SC[C@@H]2NC(=O)N[C@@H]21.OO. The standard InChI is InChI=1S/C10H16N2O3S.H2O2/c13-8(14)4-2-1-3-7-9-6(5-16-7)11-10(15)12-9;1-2/h6-7,9H,1-5H2,(H,13,14)(H2,11,12,15);1-2H/t6-,7-,9-;/m0./s1. The maximum atomic E-state index is 11.1. The van der Waals surface area contributed by atoms with Gasteiger partial charge in [-0.05, 0) is 12.8 Å². The summed E-state index contributed by atoms with van der Waals surface area (Å²) in [6, 6.07) is 0.440. The van der Waals surface area contributed by atoms with Crippen LogP contribution in [0.25, 0.3) is 0 Å². The van der Waals surface area contributed by atoms with E-state index in [1.54, 1.807) is 0 Å². The Labute approximate surface area is 109 Å². The molecule has 5 N–H and O–H groups in total. The molecule has 104 valence electrons. The van der Waals surface area contributed by atoms with Crippen molar-refractivity contribution in [3.63, 3.8) is 0 Å². The van der Waals surface area contributed by atoms with Gasteiger partial charge in [0.25, 0.3) is 0 Å². The zero-order valence-corrected chi connectivity index (χ0v) is 10.7. The molecule has 2 amide bonds. The number of aliphatic carboxylic acids is 1. The zero-order chi connectivity index (χ0) is 13.5. The minimum atomic E-state index is -0.729. The first kappa shape index (κ1) is 15.1. The molecule has 3 atom stereocenters. The molecule has 2 aliphatic heterocycles. The highest BCUT2D eigenvalue weighted by Gasteiger charge is 2.42. The number of carboxylic acid groups (broad SMARTS) is 1. The number of rotatable bonds is 5. The Balaban J connectivity index is 0.000000771. The summed E-state index contributed by atoms with van der Waals surface area (Å²) in [5.74, 6) is 0.236. The third kappa shape index (κ3) is 4.04. The third-order valence-electron chi connectivity index (χ3n) is 3.07. The van der Waals surface area contributed by atoms with Crippen molar-refractivity contribution < 1.29 is 25.2 Å². The number of amides is 2. The lowest BCUT2D eigenvalue weighted by Gasteiger charge is -2.16. The lowest BCUT2D eigenvalue weighted by Crippen LogP contribution is -2.36. The smallest absolute Gasteiger partial charge is 0.315 e. The summed E-state index contributed by atoms with van der Waals surface area (Å²) in [6.07, 6.45) is 2.88. The van der Waals surface area contributed by atoms with Crippen LogP contribution in [0.4, 0.5) is 4.79 Å². The van der Waals surface area contributed by atoms with Gasteiger partial charge in [-0.25, -0.2) is 4.79 Å². The normalized spacial score (nSPS) is 28.8. The number of carbonyl (C=O) groups is 2. The summed E-state index contributed by atoms with van der Waals surface area (Å²) in [7, 11) is 0. The van der Waals surface area contributed by atoms with Gasteiger partial charge in [0.05, 0.1) is 12.1 Å². The molecule has 0 aromatic carbocycles. The average Bonchev–Trinajstić information content (AvgIpc) is 2.87. The quantitative estimate of drug-likeness (QED) is 0.220. The molecule has 2 heterocycles. The number of carboxylic acids is 1. The number of fused-ring (bicyclic) bond motifs is 1. The molecule has 0 aromatic heterocycles. The number of urea groups is 1. The summed E-state index contributed by atoms with van der Waals surface area (Å²) in [6.45, 7) is 0. The van der Waals surface area contributed by atoms with Gasteiger partial charge in [-0.3, -0.25) is 15.3 Å². The van der Waals surface area contributed by atoms with Gasteiger partial charge in [0.15, 0.2) is 0 Å². The molecule has 2 rings (SSSR count). The minimum absolute atomic E-state index is 0.0640. The lowest BCUT2D eigenvalue weighted by molar-refractivity contribution is -0.176. The second-order valence-electron chi connectivity index (χ2n) is 4.26. The third-order valence-corrected chi connectivity index (χ3v) is 4.58. The molecule has 0 aromatic rings. The number of carbonyl (C=O) groups excluding carboxylic acids is 1. The molecule has 0 radical (unpaired) electrons. The van der Waals surface area contributed by atoms with Crippen molar-refractivity contribution >= 4 is 23.8 Å². The van der Waals surface area contributed by atoms with Gasteiger partial charge >= 0.3 is 12.0 Å². The monoisotopic (exact) mass is 278 g/mol. The van der Waals surface area contributed by atoms with Crippen molar-refractivity contribution in [2.75, 3.05) is 5.75 Å². The Morgan fingerprint density at radius 1 is 1.33 bits per heavy atom. The Bertz CT molecular complexity index is 302. The molecule has 0 saturated carbocycles. The molecule has 0 aliphatic carbocycles. The Hall–Kier alpha value is -0.990. The van der Waals surface area contributed by atoms with Crippen LogP contribution in [0, 0.1) is 0 Å². The second-order valence-corrected chi connectivity index (χ2v) is 5.53. The number of unbranched alkanes of at least 4 members (excludes halogenated alkanes) is 1. The van der Waals surface area contributed by atoms with E-state index in [9.17, 15) is 9.59 Å². The maximum absolute atomic E-state index is 11.1. The number of hydrogen-bond donors (Lipinski definition) is 5. The van der Waals surface area contributed by atoms with Crippen LogP contribution in [0.2, 0.25) is 0 Å². The van der Waals surface area contributed by atoms with Crippen LogP contribution < -0.4 is 10.6 Å². The fraction of sp³-hybridized carbons (Fsp3) is 0.800.